The van der Waals surface area contributed by atoms with E-state index in [0.29, 0.717) is 0 Å². The Kier molecular flexibility index (Phi) is 4.00. The van der Waals surface area contributed by atoms with Crippen LogP contribution in [0.15, 0.2) is 12.1 Å². The van der Waals surface area contributed by atoms with Gasteiger partial charge < -0.3 is 16.2 Å². The monoisotopic (exact) mass is 266 g/mol. The molecule has 0 atom stereocenters. The summed E-state index contributed by atoms with van der Waals surface area (Å²) in [5.74, 6) is -2.38. The van der Waals surface area contributed by atoms with E-state index in [9.17, 15) is 22.4 Å². The minimum absolute atomic E-state index is 0.205. The Morgan fingerprint density at radius 1 is 1.33 bits per heavy atom. The highest BCUT2D eigenvalue weighted by molar-refractivity contribution is 5.98. The molecule has 1 amide bonds. The number of nitrogens with two attached hydrogens (primary N) is 2. The van der Waals surface area contributed by atoms with Gasteiger partial charge in [-0.2, -0.15) is 13.2 Å². The van der Waals surface area contributed by atoms with Crippen LogP contribution in [-0.2, 0) is 0 Å². The van der Waals surface area contributed by atoms with E-state index in [1.54, 1.807) is 0 Å². The summed E-state index contributed by atoms with van der Waals surface area (Å²) in [5, 5.41) is 0. The molecule has 0 aromatic heterocycles. The molecule has 1 aromatic rings. The number of nitrogen functional groups attached to an aromatic ring is 1. The lowest BCUT2D eigenvalue weighted by Gasteiger charge is -2.11. The first-order chi connectivity index (χ1) is 8.20. The maximum atomic E-state index is 13.3. The van der Waals surface area contributed by atoms with Crippen LogP contribution in [0.4, 0.5) is 23.2 Å². The van der Waals surface area contributed by atoms with E-state index >= 15 is 0 Å². The van der Waals surface area contributed by atoms with Crippen LogP contribution in [0, 0.1) is 5.82 Å². The second kappa shape index (κ2) is 5.11. The third kappa shape index (κ3) is 3.79. The van der Waals surface area contributed by atoms with Gasteiger partial charge in [-0.1, -0.05) is 0 Å². The van der Waals surface area contributed by atoms with Crippen molar-refractivity contribution in [2.75, 3.05) is 12.3 Å². The second-order valence-corrected chi connectivity index (χ2v) is 3.45. The molecule has 0 saturated carbocycles. The molecule has 8 heteroatoms. The molecule has 0 fully saturated rings. The number of carbonyl (C=O) groups excluding carboxylic acids is 1. The Morgan fingerprint density at radius 3 is 2.44 bits per heavy atom. The largest absolute Gasteiger partial charge is 0.490 e. The van der Waals surface area contributed by atoms with Gasteiger partial charge in [0.15, 0.2) is 11.6 Å². The number of anilines is 1. The summed E-state index contributed by atoms with van der Waals surface area (Å²) in [5.41, 5.74) is 9.85. The third-order valence-electron chi connectivity index (χ3n) is 2.01. The van der Waals surface area contributed by atoms with Gasteiger partial charge in [-0.25, -0.2) is 4.39 Å². The molecule has 0 heterocycles. The highest BCUT2D eigenvalue weighted by Gasteiger charge is 2.27. The summed E-state index contributed by atoms with van der Waals surface area (Å²) in [6, 6.07) is 1.65. The number of hydrogen-bond acceptors (Lipinski definition) is 3. The average Bonchev–Trinajstić information content (AvgIpc) is 2.18. The van der Waals surface area contributed by atoms with Gasteiger partial charge in [0.2, 0.25) is 0 Å². The Bertz CT molecular complexity index is 460. The fraction of sp³-hybridized carbons (Fsp3) is 0.300. The number of benzene rings is 1. The van der Waals surface area contributed by atoms with Crippen molar-refractivity contribution in [2.45, 2.75) is 12.6 Å². The number of primary amides is 1. The molecule has 1 aromatic carbocycles. The molecule has 0 bridgehead atoms. The van der Waals surface area contributed by atoms with Crippen molar-refractivity contribution in [3.8, 4) is 5.75 Å². The molecule has 18 heavy (non-hydrogen) atoms. The zero-order valence-electron chi connectivity index (χ0n) is 9.05. The number of alkyl halides is 3. The molecule has 100 valence electrons. The number of halogens is 4. The van der Waals surface area contributed by atoms with Gasteiger partial charge in [-0.15, -0.1) is 0 Å². The van der Waals surface area contributed by atoms with E-state index in [2.05, 4.69) is 4.74 Å². The molecular weight excluding hydrogens is 256 g/mol. The summed E-state index contributed by atoms with van der Waals surface area (Å²) in [7, 11) is 0. The van der Waals surface area contributed by atoms with Crippen LogP contribution < -0.4 is 16.2 Å². The van der Waals surface area contributed by atoms with Crippen LogP contribution in [0.3, 0.4) is 0 Å². The van der Waals surface area contributed by atoms with Gasteiger partial charge in [0.05, 0.1) is 18.6 Å². The van der Waals surface area contributed by atoms with E-state index in [1.807, 2.05) is 0 Å². The first-order valence-corrected chi connectivity index (χ1v) is 4.79. The smallest absolute Gasteiger partial charge is 0.392 e. The van der Waals surface area contributed by atoms with Crippen LogP contribution in [-0.4, -0.2) is 18.7 Å². The Morgan fingerprint density at radius 2 is 1.94 bits per heavy atom. The highest BCUT2D eigenvalue weighted by Crippen LogP contribution is 2.25. The first kappa shape index (κ1) is 14.1. The molecule has 0 saturated heterocycles. The predicted octanol–water partition coefficient (Wildman–Crippen LogP) is 1.84. The first-order valence-electron chi connectivity index (χ1n) is 4.79. The summed E-state index contributed by atoms with van der Waals surface area (Å²) in [4.78, 5) is 10.9. The van der Waals surface area contributed by atoms with Gasteiger partial charge in [0.25, 0.3) is 5.91 Å². The molecule has 1 rings (SSSR count). The second-order valence-electron chi connectivity index (χ2n) is 3.45. The fourth-order valence-electron chi connectivity index (χ4n) is 1.17. The molecule has 0 spiro atoms. The Hall–Kier alpha value is -1.99. The molecule has 0 radical (unpaired) electrons. The molecule has 0 aliphatic rings. The molecular formula is C10H10F4N2O2. The van der Waals surface area contributed by atoms with Crippen molar-refractivity contribution >= 4 is 11.6 Å². The zero-order valence-corrected chi connectivity index (χ0v) is 9.05. The minimum Gasteiger partial charge on any atom is -0.490 e. The standard InChI is InChI=1S/C10H10F4N2O2/c11-6-4-7(15)5(9(16)17)3-8(6)18-2-1-10(12,13)14/h3-4H,1-2,15H2,(H2,16,17). The minimum atomic E-state index is -4.41. The van der Waals surface area contributed by atoms with Gasteiger partial charge in [0.1, 0.15) is 0 Å². The number of carbonyl (C=O) groups is 1. The predicted molar refractivity (Wildman–Crippen MR) is 55.5 cm³/mol. The van der Waals surface area contributed by atoms with Crippen LogP contribution in [0.1, 0.15) is 16.8 Å². The Balaban J connectivity index is 2.83. The zero-order chi connectivity index (χ0) is 13.9. The van der Waals surface area contributed by atoms with Crippen molar-refractivity contribution < 1.29 is 27.1 Å². The summed E-state index contributed by atoms with van der Waals surface area (Å²) >= 11 is 0. The SMILES string of the molecule is NC(=O)c1cc(OCCC(F)(F)F)c(F)cc1N. The van der Waals surface area contributed by atoms with Gasteiger partial charge in [-0.05, 0) is 6.07 Å². The summed E-state index contributed by atoms with van der Waals surface area (Å²) in [6.45, 7) is -0.761. The van der Waals surface area contributed by atoms with Crippen molar-refractivity contribution in [3.63, 3.8) is 0 Å². The molecule has 0 unspecified atom stereocenters. The van der Waals surface area contributed by atoms with E-state index in [0.717, 1.165) is 12.1 Å². The third-order valence-corrected chi connectivity index (χ3v) is 2.01. The number of rotatable bonds is 4. The average molecular weight is 266 g/mol. The molecule has 4 nitrogen and oxygen atoms in total. The van der Waals surface area contributed by atoms with Crippen LogP contribution in [0.5, 0.6) is 5.75 Å². The van der Waals surface area contributed by atoms with Gasteiger partial charge in [0, 0.05) is 11.8 Å². The topological polar surface area (TPSA) is 78.3 Å². The number of hydrogen-bond donors (Lipinski definition) is 2. The quantitative estimate of drug-likeness (QED) is 0.644. The molecule has 4 N–H and O–H groups in total. The number of amides is 1. The van der Waals surface area contributed by atoms with Crippen LogP contribution in [0.2, 0.25) is 0 Å². The lowest BCUT2D eigenvalue weighted by Crippen LogP contribution is -2.16. The van der Waals surface area contributed by atoms with Crippen molar-refractivity contribution in [3.05, 3.63) is 23.5 Å². The van der Waals surface area contributed by atoms with Crippen molar-refractivity contribution in [1.82, 2.24) is 0 Å². The van der Waals surface area contributed by atoms with Crippen LogP contribution in [0.25, 0.3) is 0 Å². The summed E-state index contributed by atoms with van der Waals surface area (Å²) in [6.07, 6.45) is -5.64. The maximum absolute atomic E-state index is 13.3. The summed E-state index contributed by atoms with van der Waals surface area (Å²) < 4.78 is 53.5. The van der Waals surface area contributed by atoms with Crippen molar-refractivity contribution in [1.29, 1.82) is 0 Å². The van der Waals surface area contributed by atoms with Gasteiger partial charge in [-0.3, -0.25) is 4.79 Å². The van der Waals surface area contributed by atoms with E-state index in [-0.39, 0.29) is 11.3 Å². The van der Waals surface area contributed by atoms with E-state index < -0.39 is 36.7 Å². The van der Waals surface area contributed by atoms with E-state index in [1.165, 1.54) is 0 Å². The normalized spacial score (nSPS) is 11.3. The highest BCUT2D eigenvalue weighted by atomic mass is 19.4. The lowest BCUT2D eigenvalue weighted by atomic mass is 10.1. The maximum Gasteiger partial charge on any atom is 0.392 e. The number of ether oxygens (including phenoxy) is 1. The molecule has 0 aliphatic carbocycles. The van der Waals surface area contributed by atoms with E-state index in [4.69, 9.17) is 11.5 Å². The molecule has 0 aliphatic heterocycles. The lowest BCUT2D eigenvalue weighted by molar-refractivity contribution is -0.139. The van der Waals surface area contributed by atoms with Crippen molar-refractivity contribution in [2.24, 2.45) is 5.73 Å². The van der Waals surface area contributed by atoms with Gasteiger partial charge >= 0.3 is 6.18 Å². The Labute approximate surface area is 99.5 Å². The fourth-order valence-corrected chi connectivity index (χ4v) is 1.17. The van der Waals surface area contributed by atoms with Crippen LogP contribution >= 0.6 is 0 Å².